The Morgan fingerprint density at radius 3 is 2.73 bits per heavy atom. The number of hydrogen-bond donors (Lipinski definition) is 1. The van der Waals surface area contributed by atoms with Crippen molar-refractivity contribution in [3.8, 4) is 0 Å². The van der Waals surface area contributed by atoms with Gasteiger partial charge in [0.25, 0.3) is 0 Å². The van der Waals surface area contributed by atoms with Gasteiger partial charge in [0.1, 0.15) is 0 Å². The Morgan fingerprint density at radius 1 is 1.40 bits per heavy atom. The number of nitrogens with zero attached hydrogens (tertiary/aromatic N) is 1. The number of pyridine rings is 1. The van der Waals surface area contributed by atoms with Crippen molar-refractivity contribution in [2.75, 3.05) is 6.54 Å². The average molecular weight is 204 g/mol. The molecule has 1 saturated carbocycles. The van der Waals surface area contributed by atoms with Gasteiger partial charge < -0.3 is 5.32 Å². The molecular weight excluding hydrogens is 184 g/mol. The molecule has 1 N–H and O–H groups in total. The molecule has 0 aliphatic heterocycles. The zero-order valence-corrected chi connectivity index (χ0v) is 9.45. The Hall–Kier alpha value is -0.890. The summed E-state index contributed by atoms with van der Waals surface area (Å²) in [5.74, 6) is 0.921. The molecule has 0 radical (unpaired) electrons. The quantitative estimate of drug-likeness (QED) is 0.769. The summed E-state index contributed by atoms with van der Waals surface area (Å²) >= 11 is 0. The second-order valence-electron chi connectivity index (χ2n) is 4.46. The Morgan fingerprint density at radius 2 is 2.13 bits per heavy atom. The van der Waals surface area contributed by atoms with Crippen LogP contribution in [0.3, 0.4) is 0 Å². The van der Waals surface area contributed by atoms with Crippen LogP contribution in [-0.2, 0) is 6.42 Å². The second-order valence-corrected chi connectivity index (χ2v) is 4.46. The SMILES string of the molecule is CCCNC(Cc1ccncc1)C1CC1. The lowest BCUT2D eigenvalue weighted by Gasteiger charge is -2.17. The normalized spacial score (nSPS) is 17.7. The van der Waals surface area contributed by atoms with Crippen molar-refractivity contribution >= 4 is 0 Å². The third kappa shape index (κ3) is 3.31. The summed E-state index contributed by atoms with van der Waals surface area (Å²) in [5, 5.41) is 3.66. The largest absolute Gasteiger partial charge is 0.313 e. The van der Waals surface area contributed by atoms with Gasteiger partial charge in [-0.1, -0.05) is 6.92 Å². The van der Waals surface area contributed by atoms with Crippen LogP contribution < -0.4 is 5.32 Å². The molecule has 82 valence electrons. The lowest BCUT2D eigenvalue weighted by atomic mass is 10.0. The van der Waals surface area contributed by atoms with Gasteiger partial charge in [0.15, 0.2) is 0 Å². The van der Waals surface area contributed by atoms with Crippen LogP contribution in [0.25, 0.3) is 0 Å². The fraction of sp³-hybridized carbons (Fsp3) is 0.615. The van der Waals surface area contributed by atoms with E-state index in [1.165, 1.54) is 24.8 Å². The zero-order chi connectivity index (χ0) is 10.5. The maximum Gasteiger partial charge on any atom is 0.0270 e. The van der Waals surface area contributed by atoms with Crippen LogP contribution in [-0.4, -0.2) is 17.6 Å². The molecule has 1 atom stereocenters. The number of nitrogens with one attached hydrogen (secondary N) is 1. The van der Waals surface area contributed by atoms with E-state index in [2.05, 4.69) is 29.4 Å². The Labute approximate surface area is 92.1 Å². The van der Waals surface area contributed by atoms with Crippen molar-refractivity contribution in [3.05, 3.63) is 30.1 Å². The van der Waals surface area contributed by atoms with Crippen molar-refractivity contribution < 1.29 is 0 Å². The summed E-state index contributed by atoms with van der Waals surface area (Å²) in [6, 6.07) is 4.94. The predicted octanol–water partition coefficient (Wildman–Crippen LogP) is 2.40. The van der Waals surface area contributed by atoms with Crippen LogP contribution in [0, 0.1) is 5.92 Å². The van der Waals surface area contributed by atoms with Gasteiger partial charge >= 0.3 is 0 Å². The number of hydrogen-bond acceptors (Lipinski definition) is 2. The van der Waals surface area contributed by atoms with Crippen LogP contribution in [0.2, 0.25) is 0 Å². The Bertz CT molecular complexity index is 280. The molecule has 0 aromatic carbocycles. The zero-order valence-electron chi connectivity index (χ0n) is 9.45. The van der Waals surface area contributed by atoms with Crippen LogP contribution >= 0.6 is 0 Å². The van der Waals surface area contributed by atoms with Crippen LogP contribution in [0.4, 0.5) is 0 Å². The standard InChI is InChI=1S/C13H20N2/c1-2-7-15-13(12-3-4-12)10-11-5-8-14-9-6-11/h5-6,8-9,12-13,15H,2-4,7,10H2,1H3. The van der Waals surface area contributed by atoms with Gasteiger partial charge in [0, 0.05) is 18.4 Å². The highest BCUT2D eigenvalue weighted by Crippen LogP contribution is 2.34. The molecule has 1 aliphatic carbocycles. The first-order valence-corrected chi connectivity index (χ1v) is 6.02. The second kappa shape index (κ2) is 5.26. The molecule has 15 heavy (non-hydrogen) atoms. The summed E-state index contributed by atoms with van der Waals surface area (Å²) in [6.45, 7) is 3.37. The fourth-order valence-corrected chi connectivity index (χ4v) is 2.01. The Balaban J connectivity index is 1.88. The molecule has 0 saturated heterocycles. The first-order valence-electron chi connectivity index (χ1n) is 6.02. The lowest BCUT2D eigenvalue weighted by molar-refractivity contribution is 0.460. The minimum atomic E-state index is 0.687. The third-order valence-electron chi connectivity index (χ3n) is 3.05. The van der Waals surface area contributed by atoms with Crippen LogP contribution in [0.5, 0.6) is 0 Å². The molecular formula is C13H20N2. The summed E-state index contributed by atoms with van der Waals surface area (Å²) in [7, 11) is 0. The first kappa shape index (κ1) is 10.6. The maximum absolute atomic E-state index is 4.05. The fourth-order valence-electron chi connectivity index (χ4n) is 2.01. The summed E-state index contributed by atoms with van der Waals surface area (Å²) in [6.07, 6.45) is 8.98. The monoisotopic (exact) mass is 204 g/mol. The van der Waals surface area contributed by atoms with Crippen molar-refractivity contribution in [3.63, 3.8) is 0 Å². The van der Waals surface area contributed by atoms with Gasteiger partial charge in [-0.2, -0.15) is 0 Å². The highest BCUT2D eigenvalue weighted by molar-refractivity contribution is 5.12. The third-order valence-corrected chi connectivity index (χ3v) is 3.05. The van der Waals surface area contributed by atoms with Crippen molar-refractivity contribution in [2.24, 2.45) is 5.92 Å². The average Bonchev–Trinajstić information content (AvgIpc) is 3.09. The molecule has 1 heterocycles. The van der Waals surface area contributed by atoms with Gasteiger partial charge in [-0.25, -0.2) is 0 Å². The molecule has 2 nitrogen and oxygen atoms in total. The number of rotatable bonds is 6. The minimum Gasteiger partial charge on any atom is -0.313 e. The van der Waals surface area contributed by atoms with Crippen molar-refractivity contribution in [1.82, 2.24) is 10.3 Å². The molecule has 1 aromatic heterocycles. The lowest BCUT2D eigenvalue weighted by Crippen LogP contribution is -2.33. The van der Waals surface area contributed by atoms with E-state index in [9.17, 15) is 0 Å². The molecule has 1 fully saturated rings. The number of aromatic nitrogens is 1. The molecule has 0 spiro atoms. The summed E-state index contributed by atoms with van der Waals surface area (Å²) in [5.41, 5.74) is 1.41. The van der Waals surface area contributed by atoms with Crippen LogP contribution in [0.1, 0.15) is 31.7 Å². The van der Waals surface area contributed by atoms with Crippen molar-refractivity contribution in [1.29, 1.82) is 0 Å². The highest BCUT2D eigenvalue weighted by atomic mass is 14.9. The van der Waals surface area contributed by atoms with Gasteiger partial charge in [-0.3, -0.25) is 4.98 Å². The molecule has 1 unspecified atom stereocenters. The van der Waals surface area contributed by atoms with Gasteiger partial charge in [0.2, 0.25) is 0 Å². The molecule has 2 rings (SSSR count). The van der Waals surface area contributed by atoms with E-state index in [0.717, 1.165) is 18.9 Å². The van der Waals surface area contributed by atoms with Gasteiger partial charge in [0.05, 0.1) is 0 Å². The van der Waals surface area contributed by atoms with Crippen LogP contribution in [0.15, 0.2) is 24.5 Å². The minimum absolute atomic E-state index is 0.687. The molecule has 1 aromatic rings. The topological polar surface area (TPSA) is 24.9 Å². The molecule has 2 heteroatoms. The Kier molecular flexibility index (Phi) is 3.73. The summed E-state index contributed by atoms with van der Waals surface area (Å²) in [4.78, 5) is 4.05. The molecule has 0 amide bonds. The van der Waals surface area contributed by atoms with E-state index in [0.29, 0.717) is 6.04 Å². The first-order chi connectivity index (χ1) is 7.40. The molecule has 0 bridgehead atoms. The van der Waals surface area contributed by atoms with E-state index < -0.39 is 0 Å². The smallest absolute Gasteiger partial charge is 0.0270 e. The van der Waals surface area contributed by atoms with Gasteiger partial charge in [-0.15, -0.1) is 0 Å². The highest BCUT2D eigenvalue weighted by Gasteiger charge is 2.30. The molecule has 1 aliphatic rings. The summed E-state index contributed by atoms with van der Waals surface area (Å²) < 4.78 is 0. The predicted molar refractivity (Wildman–Crippen MR) is 62.7 cm³/mol. The maximum atomic E-state index is 4.05. The van der Waals surface area contributed by atoms with E-state index in [1.807, 2.05) is 12.4 Å². The van der Waals surface area contributed by atoms with E-state index in [4.69, 9.17) is 0 Å². The van der Waals surface area contributed by atoms with E-state index >= 15 is 0 Å². The van der Waals surface area contributed by atoms with Crippen molar-refractivity contribution in [2.45, 2.75) is 38.6 Å². The van der Waals surface area contributed by atoms with Gasteiger partial charge in [-0.05, 0) is 55.8 Å². The van der Waals surface area contributed by atoms with E-state index in [-0.39, 0.29) is 0 Å². The van der Waals surface area contributed by atoms with E-state index in [1.54, 1.807) is 0 Å².